The lowest BCUT2D eigenvalue weighted by Crippen LogP contribution is -2.36. The summed E-state index contributed by atoms with van der Waals surface area (Å²) in [7, 11) is 0. The average Bonchev–Trinajstić information content (AvgIpc) is 2.97. The van der Waals surface area contributed by atoms with Gasteiger partial charge in [0, 0.05) is 24.1 Å². The first-order chi connectivity index (χ1) is 9.83. The Labute approximate surface area is 124 Å². The number of hydrogen-bond donors (Lipinski definition) is 1. The largest absolute Gasteiger partial charge is 0.390 e. The van der Waals surface area contributed by atoms with E-state index in [4.69, 9.17) is 4.74 Å². The van der Waals surface area contributed by atoms with Crippen LogP contribution in [-0.4, -0.2) is 45.2 Å². The topological polar surface area (TPSA) is 47.3 Å². The molecule has 0 aromatic carbocycles. The van der Waals surface area contributed by atoms with Crippen LogP contribution in [0.25, 0.3) is 0 Å². The zero-order valence-electron chi connectivity index (χ0n) is 11.9. The fourth-order valence-corrected chi connectivity index (χ4v) is 4.04. The molecule has 5 heteroatoms. The fourth-order valence-electron chi connectivity index (χ4n) is 3.11. The summed E-state index contributed by atoms with van der Waals surface area (Å²) in [6.07, 6.45) is 8.69. The van der Waals surface area contributed by atoms with Gasteiger partial charge in [0.2, 0.25) is 0 Å². The van der Waals surface area contributed by atoms with E-state index in [1.807, 2.05) is 17.8 Å². The molecule has 1 aromatic heterocycles. The van der Waals surface area contributed by atoms with E-state index in [1.165, 1.54) is 32.1 Å². The van der Waals surface area contributed by atoms with E-state index in [0.717, 1.165) is 23.8 Å². The van der Waals surface area contributed by atoms with E-state index >= 15 is 0 Å². The van der Waals surface area contributed by atoms with Gasteiger partial charge in [-0.2, -0.15) is 16.9 Å². The number of thioether (sulfide) groups is 1. The summed E-state index contributed by atoms with van der Waals surface area (Å²) in [5.74, 6) is 1.93. The number of aromatic nitrogens is 2. The molecule has 0 amide bonds. The molecule has 2 heterocycles. The molecule has 1 saturated heterocycles. The lowest BCUT2D eigenvalue weighted by Gasteiger charge is -2.26. The SMILES string of the molecule is OC(Cc1ccn(C2CCCCC2)n1)C1CSCCO1. The highest BCUT2D eigenvalue weighted by Gasteiger charge is 2.24. The number of ether oxygens (including phenoxy) is 1. The molecule has 3 rings (SSSR count). The Hall–Kier alpha value is -0.520. The quantitative estimate of drug-likeness (QED) is 0.927. The first kappa shape index (κ1) is 14.4. The highest BCUT2D eigenvalue weighted by atomic mass is 32.2. The van der Waals surface area contributed by atoms with Crippen molar-refractivity contribution in [1.82, 2.24) is 9.78 Å². The van der Waals surface area contributed by atoms with Gasteiger partial charge >= 0.3 is 0 Å². The Morgan fingerprint density at radius 3 is 3.00 bits per heavy atom. The van der Waals surface area contributed by atoms with Crippen molar-refractivity contribution in [3.8, 4) is 0 Å². The van der Waals surface area contributed by atoms with Crippen molar-refractivity contribution in [2.24, 2.45) is 0 Å². The van der Waals surface area contributed by atoms with Crippen LogP contribution in [0, 0.1) is 0 Å². The third-order valence-electron chi connectivity index (χ3n) is 4.30. The summed E-state index contributed by atoms with van der Waals surface area (Å²) in [6, 6.07) is 2.62. The maximum Gasteiger partial charge on any atom is 0.0928 e. The smallest absolute Gasteiger partial charge is 0.0928 e. The molecule has 1 N–H and O–H groups in total. The van der Waals surface area contributed by atoms with E-state index in [0.29, 0.717) is 12.5 Å². The highest BCUT2D eigenvalue weighted by Crippen LogP contribution is 2.27. The molecule has 1 saturated carbocycles. The zero-order valence-corrected chi connectivity index (χ0v) is 12.7. The molecule has 0 bridgehead atoms. The van der Waals surface area contributed by atoms with E-state index in [1.54, 1.807) is 0 Å². The third kappa shape index (κ3) is 3.57. The van der Waals surface area contributed by atoms with Gasteiger partial charge in [-0.25, -0.2) is 0 Å². The van der Waals surface area contributed by atoms with Crippen LogP contribution in [-0.2, 0) is 11.2 Å². The van der Waals surface area contributed by atoms with Crippen molar-refractivity contribution in [3.63, 3.8) is 0 Å². The Balaban J connectivity index is 1.56. The molecule has 20 heavy (non-hydrogen) atoms. The Kier molecular flexibility index (Phi) is 5.02. The summed E-state index contributed by atoms with van der Waals surface area (Å²) in [5, 5.41) is 14.9. The maximum atomic E-state index is 10.3. The van der Waals surface area contributed by atoms with Gasteiger partial charge in [-0.1, -0.05) is 19.3 Å². The molecular weight excluding hydrogens is 272 g/mol. The van der Waals surface area contributed by atoms with E-state index in [9.17, 15) is 5.11 Å². The lowest BCUT2D eigenvalue weighted by molar-refractivity contribution is -0.0212. The fraction of sp³-hybridized carbons (Fsp3) is 0.800. The van der Waals surface area contributed by atoms with Crippen molar-refractivity contribution in [3.05, 3.63) is 18.0 Å². The second-order valence-corrected chi connectivity index (χ2v) is 6.98. The zero-order chi connectivity index (χ0) is 13.8. The van der Waals surface area contributed by atoms with E-state index in [2.05, 4.69) is 16.0 Å². The van der Waals surface area contributed by atoms with Gasteiger partial charge in [-0.3, -0.25) is 4.68 Å². The summed E-state index contributed by atoms with van der Waals surface area (Å²) >= 11 is 1.86. The van der Waals surface area contributed by atoms with Gasteiger partial charge in [-0.05, 0) is 18.9 Å². The van der Waals surface area contributed by atoms with Crippen LogP contribution < -0.4 is 0 Å². The molecular formula is C15H24N2O2S. The molecule has 4 nitrogen and oxygen atoms in total. The normalized spacial score (nSPS) is 26.6. The molecule has 1 aromatic rings. The van der Waals surface area contributed by atoms with Crippen molar-refractivity contribution in [2.75, 3.05) is 18.1 Å². The molecule has 2 unspecified atom stereocenters. The second-order valence-electron chi connectivity index (χ2n) is 5.83. The molecule has 2 fully saturated rings. The third-order valence-corrected chi connectivity index (χ3v) is 5.32. The number of nitrogens with zero attached hydrogens (tertiary/aromatic N) is 2. The molecule has 1 aliphatic carbocycles. The minimum Gasteiger partial charge on any atom is -0.390 e. The first-order valence-electron chi connectivity index (χ1n) is 7.74. The van der Waals surface area contributed by atoms with Crippen molar-refractivity contribution in [1.29, 1.82) is 0 Å². The van der Waals surface area contributed by atoms with E-state index < -0.39 is 6.10 Å². The van der Waals surface area contributed by atoms with Crippen LogP contribution in [0.15, 0.2) is 12.3 Å². The first-order valence-corrected chi connectivity index (χ1v) is 8.90. The molecule has 1 aliphatic heterocycles. The summed E-state index contributed by atoms with van der Waals surface area (Å²) in [6.45, 7) is 0.753. The maximum absolute atomic E-state index is 10.3. The number of hydrogen-bond acceptors (Lipinski definition) is 4. The average molecular weight is 296 g/mol. The molecule has 2 atom stereocenters. The van der Waals surface area contributed by atoms with Gasteiger partial charge in [0.1, 0.15) is 0 Å². The van der Waals surface area contributed by atoms with Crippen LogP contribution in [0.3, 0.4) is 0 Å². The minimum absolute atomic E-state index is 0.0337. The van der Waals surface area contributed by atoms with Crippen molar-refractivity contribution >= 4 is 11.8 Å². The lowest BCUT2D eigenvalue weighted by atomic mass is 9.96. The van der Waals surface area contributed by atoms with Gasteiger partial charge < -0.3 is 9.84 Å². The highest BCUT2D eigenvalue weighted by molar-refractivity contribution is 7.99. The Bertz CT molecular complexity index is 412. The van der Waals surface area contributed by atoms with Crippen LogP contribution in [0.2, 0.25) is 0 Å². The minimum atomic E-state index is -0.433. The summed E-state index contributed by atoms with van der Waals surface area (Å²) < 4.78 is 7.74. The standard InChI is InChI=1S/C15H24N2O2S/c18-14(15-11-20-9-8-19-15)10-12-6-7-17(16-12)13-4-2-1-3-5-13/h6-7,13-15,18H,1-5,8-11H2. The van der Waals surface area contributed by atoms with Gasteiger partial charge in [-0.15, -0.1) is 0 Å². The van der Waals surface area contributed by atoms with Crippen LogP contribution in [0.1, 0.15) is 43.8 Å². The molecule has 0 radical (unpaired) electrons. The predicted molar refractivity (Wildman–Crippen MR) is 81.1 cm³/mol. The van der Waals surface area contributed by atoms with Gasteiger partial charge in [0.15, 0.2) is 0 Å². The number of aliphatic hydroxyl groups excluding tert-OH is 1. The molecule has 2 aliphatic rings. The van der Waals surface area contributed by atoms with Gasteiger partial charge in [0.05, 0.1) is 30.6 Å². The van der Waals surface area contributed by atoms with Crippen LogP contribution >= 0.6 is 11.8 Å². The number of rotatable bonds is 4. The molecule has 0 spiro atoms. The number of aliphatic hydroxyl groups is 1. The van der Waals surface area contributed by atoms with Crippen molar-refractivity contribution in [2.45, 2.75) is 56.8 Å². The van der Waals surface area contributed by atoms with Gasteiger partial charge in [0.25, 0.3) is 0 Å². The second kappa shape index (κ2) is 6.96. The molecule has 112 valence electrons. The summed E-state index contributed by atoms with van der Waals surface area (Å²) in [5.41, 5.74) is 0.988. The van der Waals surface area contributed by atoms with Crippen LogP contribution in [0.4, 0.5) is 0 Å². The van der Waals surface area contributed by atoms with E-state index in [-0.39, 0.29) is 6.10 Å². The predicted octanol–water partition coefficient (Wildman–Crippen LogP) is 2.42. The Morgan fingerprint density at radius 2 is 2.25 bits per heavy atom. The van der Waals surface area contributed by atoms with Crippen molar-refractivity contribution < 1.29 is 9.84 Å². The Morgan fingerprint density at radius 1 is 1.40 bits per heavy atom. The van der Waals surface area contributed by atoms with Crippen LogP contribution in [0.5, 0.6) is 0 Å². The monoisotopic (exact) mass is 296 g/mol. The summed E-state index contributed by atoms with van der Waals surface area (Å²) in [4.78, 5) is 0.